The van der Waals surface area contributed by atoms with Crippen molar-refractivity contribution in [2.24, 2.45) is 4.99 Å². The maximum Gasteiger partial charge on any atom is 0.154 e. The summed E-state index contributed by atoms with van der Waals surface area (Å²) in [6.45, 7) is 0.396. The monoisotopic (exact) mass is 383 g/mol. The lowest BCUT2D eigenvalue weighted by Crippen LogP contribution is -2.09. The highest BCUT2D eigenvalue weighted by atomic mass is 19.1. The maximum absolute atomic E-state index is 14.7. The Morgan fingerprint density at radius 2 is 1.90 bits per heavy atom. The van der Waals surface area contributed by atoms with Crippen LogP contribution in [0.25, 0.3) is 17.1 Å². The molecule has 3 heterocycles. The Hall–Kier alpha value is -3.47. The number of furan rings is 1. The van der Waals surface area contributed by atoms with E-state index in [9.17, 15) is 4.39 Å². The molecule has 1 aliphatic heterocycles. The van der Waals surface area contributed by atoms with Crippen molar-refractivity contribution >= 4 is 5.71 Å². The second-order valence-corrected chi connectivity index (χ2v) is 7.58. The minimum absolute atomic E-state index is 0.259. The van der Waals surface area contributed by atoms with E-state index in [2.05, 4.69) is 27.8 Å². The van der Waals surface area contributed by atoms with E-state index in [-0.39, 0.29) is 5.82 Å². The van der Waals surface area contributed by atoms with Crippen LogP contribution in [0.2, 0.25) is 0 Å². The van der Waals surface area contributed by atoms with Crippen molar-refractivity contribution in [3.8, 4) is 17.1 Å². The molecule has 0 unspecified atom stereocenters. The average Bonchev–Trinajstić information content (AvgIpc) is 3.33. The first-order valence-electron chi connectivity index (χ1n) is 9.84. The molecule has 0 N–H and O–H groups in total. The van der Waals surface area contributed by atoms with Gasteiger partial charge in [0, 0.05) is 11.1 Å². The Labute approximate surface area is 167 Å². The standard InChI is InChI=1S/C24H18FN3O/c25-19-5-2-1-4-17(19)23-18-12-16(15-7-8-15)9-10-20(18)28-14-27-24(21(28)13-26-23)22-6-3-11-29-22/h1-6,9-12,14-15H,7-8,13H2. The van der Waals surface area contributed by atoms with Gasteiger partial charge in [-0.2, -0.15) is 0 Å². The molecule has 1 aliphatic carbocycles. The molecule has 4 nitrogen and oxygen atoms in total. The molecule has 0 saturated heterocycles. The zero-order valence-corrected chi connectivity index (χ0v) is 15.7. The molecule has 1 saturated carbocycles. The summed E-state index contributed by atoms with van der Waals surface area (Å²) in [7, 11) is 0. The molecular weight excluding hydrogens is 365 g/mol. The van der Waals surface area contributed by atoms with E-state index in [1.165, 1.54) is 24.5 Å². The Morgan fingerprint density at radius 3 is 2.69 bits per heavy atom. The SMILES string of the molecule is Fc1ccccc1C1=NCc2c(-c3ccco3)ncn2-c2ccc(C3CC3)cc21. The van der Waals surface area contributed by atoms with Crippen LogP contribution in [-0.2, 0) is 6.54 Å². The predicted molar refractivity (Wildman–Crippen MR) is 109 cm³/mol. The lowest BCUT2D eigenvalue weighted by Gasteiger charge is -2.14. The molecule has 2 aromatic carbocycles. The first kappa shape index (κ1) is 16.5. The molecule has 0 spiro atoms. The van der Waals surface area contributed by atoms with Crippen LogP contribution >= 0.6 is 0 Å². The molecule has 2 aliphatic rings. The number of hydrogen-bond acceptors (Lipinski definition) is 3. The van der Waals surface area contributed by atoms with E-state index in [0.29, 0.717) is 29.5 Å². The van der Waals surface area contributed by atoms with Crippen LogP contribution < -0.4 is 0 Å². The molecule has 5 heteroatoms. The molecule has 0 radical (unpaired) electrons. The number of benzene rings is 2. The van der Waals surface area contributed by atoms with Gasteiger partial charge in [0.2, 0.25) is 0 Å². The smallest absolute Gasteiger partial charge is 0.154 e. The van der Waals surface area contributed by atoms with Gasteiger partial charge in [0.1, 0.15) is 17.8 Å². The summed E-state index contributed by atoms with van der Waals surface area (Å²) in [5.74, 6) is 1.05. The number of fused-ring (bicyclic) bond motifs is 3. The summed E-state index contributed by atoms with van der Waals surface area (Å²) in [5.41, 5.74) is 6.13. The molecule has 1 fully saturated rings. The summed E-state index contributed by atoms with van der Waals surface area (Å²) in [4.78, 5) is 9.47. The Balaban J connectivity index is 1.60. The summed E-state index contributed by atoms with van der Waals surface area (Å²) in [6.07, 6.45) is 5.87. The third kappa shape index (κ3) is 2.65. The minimum Gasteiger partial charge on any atom is -0.463 e. The fraction of sp³-hybridized carbons (Fsp3) is 0.167. The second kappa shape index (κ2) is 6.27. The lowest BCUT2D eigenvalue weighted by molar-refractivity contribution is 0.579. The summed E-state index contributed by atoms with van der Waals surface area (Å²) < 4.78 is 22.3. The quantitative estimate of drug-likeness (QED) is 0.469. The number of nitrogens with zero attached hydrogens (tertiary/aromatic N) is 3. The van der Waals surface area contributed by atoms with Crippen molar-refractivity contribution in [3.63, 3.8) is 0 Å². The van der Waals surface area contributed by atoms with E-state index >= 15 is 0 Å². The van der Waals surface area contributed by atoms with E-state index < -0.39 is 0 Å². The first-order valence-corrected chi connectivity index (χ1v) is 9.84. The third-order valence-electron chi connectivity index (χ3n) is 5.72. The largest absolute Gasteiger partial charge is 0.463 e. The molecule has 6 rings (SSSR count). The van der Waals surface area contributed by atoms with Gasteiger partial charge in [-0.1, -0.05) is 18.2 Å². The van der Waals surface area contributed by atoms with E-state index in [1.807, 2.05) is 24.5 Å². The van der Waals surface area contributed by atoms with Crippen molar-refractivity contribution in [1.29, 1.82) is 0 Å². The van der Waals surface area contributed by atoms with E-state index in [4.69, 9.17) is 9.41 Å². The number of aliphatic imine (C=N–C) groups is 1. The van der Waals surface area contributed by atoms with Crippen LogP contribution in [0.15, 0.2) is 76.6 Å². The topological polar surface area (TPSA) is 43.3 Å². The Bertz CT molecular complexity index is 1250. The second-order valence-electron chi connectivity index (χ2n) is 7.58. The molecule has 0 bridgehead atoms. The van der Waals surface area contributed by atoms with Gasteiger partial charge < -0.3 is 4.42 Å². The van der Waals surface area contributed by atoms with Crippen molar-refractivity contribution in [1.82, 2.24) is 9.55 Å². The van der Waals surface area contributed by atoms with Crippen LogP contribution in [0, 0.1) is 5.82 Å². The van der Waals surface area contributed by atoms with Crippen LogP contribution in [0.5, 0.6) is 0 Å². The average molecular weight is 383 g/mol. The van der Waals surface area contributed by atoms with Gasteiger partial charge in [0.05, 0.1) is 29.9 Å². The Morgan fingerprint density at radius 1 is 1.00 bits per heavy atom. The van der Waals surface area contributed by atoms with Crippen molar-refractivity contribution in [2.75, 3.05) is 0 Å². The van der Waals surface area contributed by atoms with Crippen molar-refractivity contribution in [3.05, 3.63) is 95.4 Å². The van der Waals surface area contributed by atoms with Gasteiger partial charge >= 0.3 is 0 Å². The van der Waals surface area contributed by atoms with Crippen LogP contribution in [0.3, 0.4) is 0 Å². The number of halogens is 1. The Kier molecular flexibility index (Phi) is 3.57. The molecule has 142 valence electrons. The van der Waals surface area contributed by atoms with Gasteiger partial charge in [-0.25, -0.2) is 9.37 Å². The van der Waals surface area contributed by atoms with Gasteiger partial charge in [-0.3, -0.25) is 9.56 Å². The highest BCUT2D eigenvalue weighted by Crippen LogP contribution is 2.42. The number of hydrogen-bond donors (Lipinski definition) is 0. The fourth-order valence-electron chi connectivity index (χ4n) is 4.10. The number of aromatic nitrogens is 2. The lowest BCUT2D eigenvalue weighted by atomic mass is 9.96. The molecule has 2 aromatic heterocycles. The summed E-state index contributed by atoms with van der Waals surface area (Å²) in [5, 5.41) is 0. The molecule has 0 amide bonds. The van der Waals surface area contributed by atoms with Gasteiger partial charge in [-0.05, 0) is 60.7 Å². The van der Waals surface area contributed by atoms with E-state index in [0.717, 1.165) is 22.6 Å². The maximum atomic E-state index is 14.7. The first-order chi connectivity index (χ1) is 14.3. The fourth-order valence-corrected chi connectivity index (χ4v) is 4.10. The van der Waals surface area contributed by atoms with Gasteiger partial charge in [0.25, 0.3) is 0 Å². The number of imidazole rings is 1. The van der Waals surface area contributed by atoms with E-state index in [1.54, 1.807) is 18.4 Å². The summed E-state index contributed by atoms with van der Waals surface area (Å²) in [6, 6.07) is 17.1. The van der Waals surface area contributed by atoms with Crippen molar-refractivity contribution in [2.45, 2.75) is 25.3 Å². The molecule has 29 heavy (non-hydrogen) atoms. The third-order valence-corrected chi connectivity index (χ3v) is 5.72. The molecular formula is C24H18FN3O. The molecule has 4 aromatic rings. The summed E-state index contributed by atoms with van der Waals surface area (Å²) >= 11 is 0. The van der Waals surface area contributed by atoms with Gasteiger partial charge in [0.15, 0.2) is 5.76 Å². The number of rotatable bonds is 3. The zero-order valence-electron chi connectivity index (χ0n) is 15.7. The minimum atomic E-state index is -0.259. The zero-order chi connectivity index (χ0) is 19.4. The predicted octanol–water partition coefficient (Wildman–Crippen LogP) is 5.50. The van der Waals surface area contributed by atoms with Gasteiger partial charge in [-0.15, -0.1) is 0 Å². The highest BCUT2D eigenvalue weighted by molar-refractivity contribution is 6.15. The van der Waals surface area contributed by atoms with Crippen molar-refractivity contribution < 1.29 is 8.81 Å². The highest BCUT2D eigenvalue weighted by Gasteiger charge is 2.28. The van der Waals surface area contributed by atoms with Crippen LogP contribution in [0.1, 0.15) is 41.1 Å². The molecule has 0 atom stereocenters. The normalized spacial score (nSPS) is 15.4. The van der Waals surface area contributed by atoms with Crippen LogP contribution in [-0.4, -0.2) is 15.3 Å². The van der Waals surface area contributed by atoms with Crippen LogP contribution in [0.4, 0.5) is 4.39 Å².